The zero-order chi connectivity index (χ0) is 14.6. The predicted octanol–water partition coefficient (Wildman–Crippen LogP) is 1.74. The van der Waals surface area contributed by atoms with E-state index in [-0.39, 0.29) is 12.3 Å². The highest BCUT2D eigenvalue weighted by atomic mass is 32.2. The zero-order valence-corrected chi connectivity index (χ0v) is 11.9. The van der Waals surface area contributed by atoms with Gasteiger partial charge in [0.15, 0.2) is 0 Å². The van der Waals surface area contributed by atoms with E-state index in [1.807, 2.05) is 25.1 Å². The standard InChI is InChI=1S/C14H17NO4S/c1-11-3-2-4-12(7-11)10-20(17,18)15-8-14(16)13-5-6-19-9-13/h2-7,9,14-16H,8,10H2,1H3/t14-/m0/s1. The second-order valence-electron chi connectivity index (χ2n) is 4.67. The van der Waals surface area contributed by atoms with E-state index in [9.17, 15) is 13.5 Å². The summed E-state index contributed by atoms with van der Waals surface area (Å²) in [5.41, 5.74) is 2.27. The van der Waals surface area contributed by atoms with E-state index in [1.165, 1.54) is 12.5 Å². The Bertz CT molecular complexity index is 650. The van der Waals surface area contributed by atoms with Crippen molar-refractivity contribution < 1.29 is 17.9 Å². The molecule has 2 rings (SSSR count). The van der Waals surface area contributed by atoms with Crippen molar-refractivity contribution in [2.45, 2.75) is 18.8 Å². The molecule has 108 valence electrons. The van der Waals surface area contributed by atoms with Gasteiger partial charge in [0.2, 0.25) is 10.0 Å². The van der Waals surface area contributed by atoms with Gasteiger partial charge in [-0.05, 0) is 18.6 Å². The van der Waals surface area contributed by atoms with Gasteiger partial charge in [-0.15, -0.1) is 0 Å². The molecule has 0 spiro atoms. The van der Waals surface area contributed by atoms with Crippen LogP contribution in [0.2, 0.25) is 0 Å². The molecular formula is C14H17NO4S. The van der Waals surface area contributed by atoms with Crippen LogP contribution in [0.4, 0.5) is 0 Å². The Morgan fingerprint density at radius 2 is 2.15 bits per heavy atom. The molecule has 0 radical (unpaired) electrons. The SMILES string of the molecule is Cc1cccc(CS(=O)(=O)NC[C@H](O)c2ccoc2)c1. The Morgan fingerprint density at radius 1 is 1.35 bits per heavy atom. The Morgan fingerprint density at radius 3 is 2.80 bits per heavy atom. The molecule has 1 aromatic carbocycles. The van der Waals surface area contributed by atoms with Crippen molar-refractivity contribution in [3.8, 4) is 0 Å². The van der Waals surface area contributed by atoms with Crippen molar-refractivity contribution in [2.24, 2.45) is 0 Å². The lowest BCUT2D eigenvalue weighted by Gasteiger charge is -2.11. The highest BCUT2D eigenvalue weighted by Crippen LogP contribution is 2.13. The molecule has 0 bridgehead atoms. The van der Waals surface area contributed by atoms with Gasteiger partial charge in [0.1, 0.15) is 0 Å². The summed E-state index contributed by atoms with van der Waals surface area (Å²) in [7, 11) is -3.48. The fourth-order valence-electron chi connectivity index (χ4n) is 1.86. The number of aliphatic hydroxyl groups excluding tert-OH is 1. The summed E-state index contributed by atoms with van der Waals surface area (Å²) in [6.07, 6.45) is 1.90. The molecule has 5 nitrogen and oxygen atoms in total. The van der Waals surface area contributed by atoms with Crippen LogP contribution in [0.3, 0.4) is 0 Å². The lowest BCUT2D eigenvalue weighted by molar-refractivity contribution is 0.181. The molecule has 20 heavy (non-hydrogen) atoms. The largest absolute Gasteiger partial charge is 0.472 e. The summed E-state index contributed by atoms with van der Waals surface area (Å²) in [6, 6.07) is 8.91. The topological polar surface area (TPSA) is 79.5 Å². The first-order chi connectivity index (χ1) is 9.46. The number of furan rings is 1. The molecule has 0 aliphatic carbocycles. The maximum Gasteiger partial charge on any atom is 0.215 e. The van der Waals surface area contributed by atoms with Crippen LogP contribution in [0.25, 0.3) is 0 Å². The molecule has 1 heterocycles. The van der Waals surface area contributed by atoms with Gasteiger partial charge >= 0.3 is 0 Å². The average molecular weight is 295 g/mol. The number of nitrogens with one attached hydrogen (secondary N) is 1. The normalized spacial score (nSPS) is 13.3. The van der Waals surface area contributed by atoms with Crippen LogP contribution in [-0.4, -0.2) is 20.1 Å². The molecule has 1 atom stereocenters. The summed E-state index contributed by atoms with van der Waals surface area (Å²) < 4.78 is 31.1. The molecular weight excluding hydrogens is 278 g/mol. The minimum absolute atomic E-state index is 0.0757. The minimum atomic E-state index is -3.48. The number of hydrogen-bond acceptors (Lipinski definition) is 4. The maximum absolute atomic E-state index is 11.9. The van der Waals surface area contributed by atoms with E-state index in [4.69, 9.17) is 4.42 Å². The van der Waals surface area contributed by atoms with Gasteiger partial charge < -0.3 is 9.52 Å². The van der Waals surface area contributed by atoms with Crippen LogP contribution in [0.15, 0.2) is 47.3 Å². The summed E-state index contributed by atoms with van der Waals surface area (Å²) in [5.74, 6) is -0.104. The van der Waals surface area contributed by atoms with E-state index >= 15 is 0 Å². The van der Waals surface area contributed by atoms with Gasteiger partial charge in [0.25, 0.3) is 0 Å². The van der Waals surface area contributed by atoms with E-state index in [2.05, 4.69) is 4.72 Å². The number of rotatable bonds is 6. The van der Waals surface area contributed by atoms with E-state index in [0.29, 0.717) is 5.56 Å². The van der Waals surface area contributed by atoms with Crippen LogP contribution in [0, 0.1) is 6.92 Å². The second-order valence-corrected chi connectivity index (χ2v) is 6.48. The lowest BCUT2D eigenvalue weighted by Crippen LogP contribution is -2.29. The number of aryl methyl sites for hydroxylation is 1. The van der Waals surface area contributed by atoms with Crippen LogP contribution in [0.5, 0.6) is 0 Å². The molecule has 1 aromatic heterocycles. The van der Waals surface area contributed by atoms with E-state index < -0.39 is 16.1 Å². The monoisotopic (exact) mass is 295 g/mol. The lowest BCUT2D eigenvalue weighted by atomic mass is 10.2. The van der Waals surface area contributed by atoms with E-state index in [1.54, 1.807) is 12.1 Å². The maximum atomic E-state index is 11.9. The van der Waals surface area contributed by atoms with Crippen molar-refractivity contribution in [1.82, 2.24) is 4.72 Å². The summed E-state index contributed by atoms with van der Waals surface area (Å²) in [6.45, 7) is 1.83. The van der Waals surface area contributed by atoms with Crippen molar-refractivity contribution in [3.05, 3.63) is 59.5 Å². The van der Waals surface area contributed by atoms with Gasteiger partial charge in [0, 0.05) is 12.1 Å². The Kier molecular flexibility index (Phi) is 4.59. The van der Waals surface area contributed by atoms with Gasteiger partial charge in [0.05, 0.1) is 24.4 Å². The summed E-state index contributed by atoms with van der Waals surface area (Å²) >= 11 is 0. The molecule has 2 N–H and O–H groups in total. The molecule has 2 aromatic rings. The van der Waals surface area contributed by atoms with Gasteiger partial charge in [-0.3, -0.25) is 0 Å². The molecule has 0 amide bonds. The number of benzene rings is 1. The molecule has 6 heteroatoms. The van der Waals surface area contributed by atoms with Crippen LogP contribution in [0.1, 0.15) is 22.8 Å². The second kappa shape index (κ2) is 6.21. The minimum Gasteiger partial charge on any atom is -0.472 e. The zero-order valence-electron chi connectivity index (χ0n) is 11.1. The van der Waals surface area contributed by atoms with E-state index in [0.717, 1.165) is 11.1 Å². The van der Waals surface area contributed by atoms with Crippen molar-refractivity contribution >= 4 is 10.0 Å². The molecule has 0 aliphatic rings. The Labute approximate surface area is 118 Å². The van der Waals surface area contributed by atoms with Crippen molar-refractivity contribution in [2.75, 3.05) is 6.54 Å². The average Bonchev–Trinajstić information content (AvgIpc) is 2.89. The quantitative estimate of drug-likeness (QED) is 0.850. The third kappa shape index (κ3) is 4.19. The first kappa shape index (κ1) is 14.8. The molecule has 0 saturated carbocycles. The van der Waals surface area contributed by atoms with Crippen molar-refractivity contribution in [1.29, 1.82) is 0 Å². The first-order valence-corrected chi connectivity index (χ1v) is 7.84. The molecule has 0 unspecified atom stereocenters. The van der Waals surface area contributed by atoms with Crippen molar-refractivity contribution in [3.63, 3.8) is 0 Å². The summed E-state index contributed by atoms with van der Waals surface area (Å²) in [5, 5.41) is 9.80. The van der Waals surface area contributed by atoms with Gasteiger partial charge in [-0.25, -0.2) is 13.1 Å². The smallest absolute Gasteiger partial charge is 0.215 e. The number of aliphatic hydroxyl groups is 1. The Balaban J connectivity index is 1.94. The third-order valence-electron chi connectivity index (χ3n) is 2.86. The van der Waals surface area contributed by atoms with Crippen LogP contribution >= 0.6 is 0 Å². The highest BCUT2D eigenvalue weighted by Gasteiger charge is 2.15. The summed E-state index contributed by atoms with van der Waals surface area (Å²) in [4.78, 5) is 0. The first-order valence-electron chi connectivity index (χ1n) is 6.19. The number of sulfonamides is 1. The van der Waals surface area contributed by atoms with Gasteiger partial charge in [-0.1, -0.05) is 29.8 Å². The van der Waals surface area contributed by atoms with Gasteiger partial charge in [-0.2, -0.15) is 0 Å². The molecule has 0 aliphatic heterocycles. The highest BCUT2D eigenvalue weighted by molar-refractivity contribution is 7.88. The molecule has 0 fully saturated rings. The Hall–Kier alpha value is -1.63. The predicted molar refractivity (Wildman–Crippen MR) is 75.5 cm³/mol. The van der Waals surface area contributed by atoms with Crippen LogP contribution < -0.4 is 4.72 Å². The third-order valence-corrected chi connectivity index (χ3v) is 4.18. The van der Waals surface area contributed by atoms with Crippen LogP contribution in [-0.2, 0) is 15.8 Å². The fraction of sp³-hybridized carbons (Fsp3) is 0.286. The molecule has 0 saturated heterocycles. The fourth-order valence-corrected chi connectivity index (χ4v) is 2.99. The number of hydrogen-bond donors (Lipinski definition) is 2.